The van der Waals surface area contributed by atoms with Gasteiger partial charge in [-0.25, -0.2) is 9.78 Å². The number of carbonyl (C=O) groups is 2. The summed E-state index contributed by atoms with van der Waals surface area (Å²) in [5.41, 5.74) is 2.95. The van der Waals surface area contributed by atoms with Crippen molar-refractivity contribution in [2.45, 2.75) is 45.8 Å². The van der Waals surface area contributed by atoms with Gasteiger partial charge in [0.15, 0.2) is 0 Å². The molecule has 1 aromatic heterocycles. The fourth-order valence-electron chi connectivity index (χ4n) is 3.04. The van der Waals surface area contributed by atoms with Gasteiger partial charge in [0, 0.05) is 23.8 Å². The van der Waals surface area contributed by atoms with Crippen LogP contribution in [0, 0.1) is 0 Å². The van der Waals surface area contributed by atoms with Crippen LogP contribution in [0.25, 0.3) is 5.69 Å². The van der Waals surface area contributed by atoms with Crippen molar-refractivity contribution >= 4 is 17.7 Å². The molecule has 1 unspecified atom stereocenters. The van der Waals surface area contributed by atoms with E-state index in [1.54, 1.807) is 24.7 Å². The monoisotopic (exact) mass is 420 g/mol. The lowest BCUT2D eigenvalue weighted by atomic mass is 10.1. The van der Waals surface area contributed by atoms with Crippen molar-refractivity contribution in [1.29, 1.82) is 0 Å². The van der Waals surface area contributed by atoms with Crippen LogP contribution < -0.4 is 10.6 Å². The number of hydrogen-bond donors (Lipinski definition) is 2. The number of amides is 2. The molecule has 0 saturated carbocycles. The van der Waals surface area contributed by atoms with Crippen LogP contribution >= 0.6 is 0 Å². The van der Waals surface area contributed by atoms with Gasteiger partial charge < -0.3 is 14.6 Å². The zero-order valence-electron chi connectivity index (χ0n) is 18.3. The molecule has 31 heavy (non-hydrogen) atoms. The van der Waals surface area contributed by atoms with E-state index in [2.05, 4.69) is 15.6 Å². The number of imidazole rings is 1. The van der Waals surface area contributed by atoms with Crippen LogP contribution in [0.4, 0.5) is 10.5 Å². The molecule has 0 fully saturated rings. The van der Waals surface area contributed by atoms with Crippen molar-refractivity contribution in [1.82, 2.24) is 14.9 Å². The van der Waals surface area contributed by atoms with Gasteiger partial charge in [0.05, 0.1) is 18.8 Å². The second-order valence-electron chi connectivity index (χ2n) is 8.35. The number of nitrogens with one attached hydrogen (secondary N) is 2. The molecule has 7 nitrogen and oxygen atoms in total. The quantitative estimate of drug-likeness (QED) is 0.608. The van der Waals surface area contributed by atoms with Gasteiger partial charge in [-0.05, 0) is 63.1 Å². The summed E-state index contributed by atoms with van der Waals surface area (Å²) in [4.78, 5) is 28.3. The van der Waals surface area contributed by atoms with E-state index in [1.165, 1.54) is 0 Å². The van der Waals surface area contributed by atoms with Gasteiger partial charge in [-0.2, -0.15) is 0 Å². The molecule has 0 bridgehead atoms. The van der Waals surface area contributed by atoms with E-state index in [4.69, 9.17) is 4.74 Å². The van der Waals surface area contributed by atoms with Gasteiger partial charge in [-0.1, -0.05) is 24.3 Å². The summed E-state index contributed by atoms with van der Waals surface area (Å²) < 4.78 is 7.16. The summed E-state index contributed by atoms with van der Waals surface area (Å²) in [5, 5.41) is 5.70. The molecule has 2 aromatic carbocycles. The van der Waals surface area contributed by atoms with E-state index in [0.717, 1.165) is 16.8 Å². The molecule has 3 rings (SSSR count). The lowest BCUT2D eigenvalue weighted by molar-refractivity contribution is -0.121. The minimum absolute atomic E-state index is 0.0703. The van der Waals surface area contributed by atoms with Crippen LogP contribution in [0.15, 0.2) is 67.3 Å². The van der Waals surface area contributed by atoms with E-state index < -0.39 is 11.7 Å². The maximum absolute atomic E-state index is 12.5. The number of nitrogens with zero attached hydrogens (tertiary/aromatic N) is 2. The molecule has 0 radical (unpaired) electrons. The average Bonchev–Trinajstić information content (AvgIpc) is 3.23. The lowest BCUT2D eigenvalue weighted by Gasteiger charge is -2.19. The largest absolute Gasteiger partial charge is 0.444 e. The predicted octanol–water partition coefficient (Wildman–Crippen LogP) is 4.64. The molecule has 0 spiro atoms. The summed E-state index contributed by atoms with van der Waals surface area (Å²) in [6, 6.07) is 15.0. The molecule has 7 heteroatoms. The highest BCUT2D eigenvalue weighted by molar-refractivity contribution is 5.85. The van der Waals surface area contributed by atoms with E-state index >= 15 is 0 Å². The van der Waals surface area contributed by atoms with Crippen molar-refractivity contribution in [3.63, 3.8) is 0 Å². The highest BCUT2D eigenvalue weighted by atomic mass is 16.6. The topological polar surface area (TPSA) is 85.3 Å². The number of rotatable bonds is 6. The van der Waals surface area contributed by atoms with Gasteiger partial charge in [0.2, 0.25) is 5.91 Å². The number of benzene rings is 2. The summed E-state index contributed by atoms with van der Waals surface area (Å²) in [5.74, 6) is -0.0703. The van der Waals surface area contributed by atoms with Crippen molar-refractivity contribution < 1.29 is 14.3 Å². The average molecular weight is 421 g/mol. The smallest absolute Gasteiger partial charge is 0.412 e. The van der Waals surface area contributed by atoms with Crippen molar-refractivity contribution in [3.05, 3.63) is 78.4 Å². The molecule has 0 aliphatic carbocycles. The molecular weight excluding hydrogens is 392 g/mol. The molecule has 162 valence electrons. The van der Waals surface area contributed by atoms with Gasteiger partial charge in [0.1, 0.15) is 5.60 Å². The van der Waals surface area contributed by atoms with E-state index in [0.29, 0.717) is 5.69 Å². The van der Waals surface area contributed by atoms with E-state index in [9.17, 15) is 9.59 Å². The number of hydrogen-bond acceptors (Lipinski definition) is 4. The third-order valence-corrected chi connectivity index (χ3v) is 4.54. The molecule has 1 atom stereocenters. The third-order valence-electron chi connectivity index (χ3n) is 4.54. The fraction of sp³-hybridized carbons (Fsp3) is 0.292. The van der Waals surface area contributed by atoms with Crippen molar-refractivity contribution in [2.75, 3.05) is 5.32 Å². The highest BCUT2D eigenvalue weighted by Gasteiger charge is 2.16. The van der Waals surface area contributed by atoms with Gasteiger partial charge in [0.25, 0.3) is 0 Å². The Bertz CT molecular complexity index is 1000. The number of carbonyl (C=O) groups excluding carboxylic acids is 2. The minimum Gasteiger partial charge on any atom is -0.444 e. The van der Waals surface area contributed by atoms with Crippen LogP contribution in [-0.2, 0) is 16.0 Å². The molecule has 0 aliphatic rings. The van der Waals surface area contributed by atoms with E-state index in [1.807, 2.05) is 74.9 Å². The first kappa shape index (κ1) is 22.1. The van der Waals surface area contributed by atoms with Crippen LogP contribution in [-0.4, -0.2) is 27.2 Å². The Morgan fingerprint density at radius 2 is 1.74 bits per heavy atom. The second-order valence-corrected chi connectivity index (χ2v) is 8.35. The first-order valence-electron chi connectivity index (χ1n) is 10.2. The molecule has 2 N–H and O–H groups in total. The van der Waals surface area contributed by atoms with Crippen LogP contribution in [0.5, 0.6) is 0 Å². The molecule has 0 aliphatic heterocycles. The normalized spacial score (nSPS) is 12.1. The molecule has 1 heterocycles. The fourth-order valence-corrected chi connectivity index (χ4v) is 3.04. The molecule has 0 saturated heterocycles. The zero-order chi connectivity index (χ0) is 22.4. The SMILES string of the molecule is CC(NC(=O)Cc1ccc(NC(=O)OC(C)(C)C)cc1)c1ccc(-n2ccnc2)cc1. The Morgan fingerprint density at radius 1 is 1.06 bits per heavy atom. The molecule has 2 amide bonds. The predicted molar refractivity (Wildman–Crippen MR) is 120 cm³/mol. The Labute approximate surface area is 182 Å². The zero-order valence-corrected chi connectivity index (χ0v) is 18.3. The number of anilines is 1. The Morgan fingerprint density at radius 3 is 2.32 bits per heavy atom. The second kappa shape index (κ2) is 9.47. The Hall–Kier alpha value is -3.61. The van der Waals surface area contributed by atoms with Gasteiger partial charge >= 0.3 is 6.09 Å². The first-order chi connectivity index (χ1) is 14.7. The van der Waals surface area contributed by atoms with Gasteiger partial charge in [-0.15, -0.1) is 0 Å². The van der Waals surface area contributed by atoms with Crippen molar-refractivity contribution in [3.8, 4) is 5.69 Å². The Kier molecular flexibility index (Phi) is 6.74. The third kappa shape index (κ3) is 6.70. The van der Waals surface area contributed by atoms with E-state index in [-0.39, 0.29) is 18.4 Å². The van der Waals surface area contributed by atoms with Crippen LogP contribution in [0.2, 0.25) is 0 Å². The summed E-state index contributed by atoms with van der Waals surface area (Å²) in [6.07, 6.45) is 5.11. The Balaban J connectivity index is 1.51. The van der Waals surface area contributed by atoms with Crippen LogP contribution in [0.3, 0.4) is 0 Å². The van der Waals surface area contributed by atoms with Crippen LogP contribution in [0.1, 0.15) is 44.9 Å². The lowest BCUT2D eigenvalue weighted by Crippen LogP contribution is -2.28. The van der Waals surface area contributed by atoms with Crippen molar-refractivity contribution in [2.24, 2.45) is 0 Å². The molecular formula is C24H28N4O3. The molecule has 3 aromatic rings. The maximum atomic E-state index is 12.5. The van der Waals surface area contributed by atoms with Gasteiger partial charge in [-0.3, -0.25) is 10.1 Å². The number of ether oxygens (including phenoxy) is 1. The maximum Gasteiger partial charge on any atom is 0.412 e. The summed E-state index contributed by atoms with van der Waals surface area (Å²) in [6.45, 7) is 7.38. The number of aromatic nitrogens is 2. The highest BCUT2D eigenvalue weighted by Crippen LogP contribution is 2.17. The standard InChI is InChI=1S/C24H28N4O3/c1-17(19-7-11-21(12-8-19)28-14-13-25-16-28)26-22(29)15-18-5-9-20(10-6-18)27-23(30)31-24(2,3)4/h5-14,16-17H,15H2,1-4H3,(H,26,29)(H,27,30). The summed E-state index contributed by atoms with van der Waals surface area (Å²) in [7, 11) is 0. The first-order valence-corrected chi connectivity index (χ1v) is 10.2. The minimum atomic E-state index is -0.557. The summed E-state index contributed by atoms with van der Waals surface area (Å²) >= 11 is 0.